The molecule has 0 radical (unpaired) electrons. The average molecular weight is 226 g/mol. The minimum atomic E-state index is -0.865. The fourth-order valence-corrected chi connectivity index (χ4v) is 1.14. The normalized spacial score (nSPS) is 12.1. The first kappa shape index (κ1) is 12.2. The molecule has 1 unspecified atom stereocenters. The van der Waals surface area contributed by atoms with Crippen molar-refractivity contribution in [2.45, 2.75) is 20.3 Å². The zero-order valence-corrected chi connectivity index (χ0v) is 9.19. The maximum Gasteiger partial charge on any atom is 0.306 e. The van der Waals surface area contributed by atoms with Crippen LogP contribution < -0.4 is 5.32 Å². The molecule has 0 aliphatic rings. The van der Waals surface area contributed by atoms with Gasteiger partial charge < -0.3 is 14.9 Å². The van der Waals surface area contributed by atoms with E-state index in [4.69, 9.17) is 9.63 Å². The van der Waals surface area contributed by atoms with Gasteiger partial charge in [-0.1, -0.05) is 12.1 Å². The van der Waals surface area contributed by atoms with E-state index in [1.807, 2.05) is 0 Å². The van der Waals surface area contributed by atoms with Gasteiger partial charge in [-0.25, -0.2) is 0 Å². The molecule has 1 atom stereocenters. The standard InChI is InChI=1S/C10H14N2O4/c1-6(10(14)15)3-4-11-9(13)8-5-12-16-7(8)2/h5-6H,3-4H2,1-2H3,(H,11,13)(H,14,15). The first-order valence-electron chi connectivity index (χ1n) is 4.94. The summed E-state index contributed by atoms with van der Waals surface area (Å²) in [4.78, 5) is 22.0. The summed E-state index contributed by atoms with van der Waals surface area (Å²) in [6, 6.07) is 0. The van der Waals surface area contributed by atoms with Crippen molar-refractivity contribution in [2.75, 3.05) is 6.54 Å². The number of rotatable bonds is 5. The molecule has 0 bridgehead atoms. The molecular formula is C10H14N2O4. The van der Waals surface area contributed by atoms with Gasteiger partial charge in [0, 0.05) is 6.54 Å². The van der Waals surface area contributed by atoms with Gasteiger partial charge in [0.2, 0.25) is 0 Å². The molecule has 0 aromatic carbocycles. The number of hydrogen-bond acceptors (Lipinski definition) is 4. The first-order valence-corrected chi connectivity index (χ1v) is 4.94. The summed E-state index contributed by atoms with van der Waals surface area (Å²) < 4.78 is 4.75. The van der Waals surface area contributed by atoms with E-state index in [2.05, 4.69) is 10.5 Å². The third-order valence-electron chi connectivity index (χ3n) is 2.28. The van der Waals surface area contributed by atoms with Crippen LogP contribution in [-0.4, -0.2) is 28.7 Å². The van der Waals surface area contributed by atoms with Crippen LogP contribution in [0.15, 0.2) is 10.7 Å². The highest BCUT2D eigenvalue weighted by atomic mass is 16.5. The van der Waals surface area contributed by atoms with Crippen molar-refractivity contribution < 1.29 is 19.2 Å². The SMILES string of the molecule is Cc1oncc1C(=O)NCCC(C)C(=O)O. The van der Waals surface area contributed by atoms with E-state index in [0.717, 1.165) is 0 Å². The molecule has 1 aromatic heterocycles. The van der Waals surface area contributed by atoms with Crippen LogP contribution in [-0.2, 0) is 4.79 Å². The van der Waals surface area contributed by atoms with Gasteiger partial charge in [-0.3, -0.25) is 9.59 Å². The summed E-state index contributed by atoms with van der Waals surface area (Å²) in [7, 11) is 0. The Morgan fingerprint density at radius 2 is 2.31 bits per heavy atom. The van der Waals surface area contributed by atoms with Gasteiger partial charge in [0.15, 0.2) is 0 Å². The molecule has 16 heavy (non-hydrogen) atoms. The minimum Gasteiger partial charge on any atom is -0.481 e. The Labute approximate surface area is 92.6 Å². The molecule has 88 valence electrons. The van der Waals surface area contributed by atoms with Crippen LogP contribution in [0.25, 0.3) is 0 Å². The molecule has 0 saturated carbocycles. The summed E-state index contributed by atoms with van der Waals surface area (Å²) >= 11 is 0. The molecule has 0 fully saturated rings. The Morgan fingerprint density at radius 3 is 2.81 bits per heavy atom. The van der Waals surface area contributed by atoms with Crippen molar-refractivity contribution in [3.8, 4) is 0 Å². The van der Waals surface area contributed by atoms with Gasteiger partial charge >= 0.3 is 5.97 Å². The average Bonchev–Trinajstić information content (AvgIpc) is 2.64. The Bertz CT molecular complexity index is 386. The second kappa shape index (κ2) is 5.29. The lowest BCUT2D eigenvalue weighted by atomic mass is 10.1. The zero-order chi connectivity index (χ0) is 12.1. The van der Waals surface area contributed by atoms with Crippen LogP contribution in [0.4, 0.5) is 0 Å². The van der Waals surface area contributed by atoms with Gasteiger partial charge in [0.1, 0.15) is 11.3 Å². The first-order chi connectivity index (χ1) is 7.52. The van der Waals surface area contributed by atoms with Crippen molar-refractivity contribution in [2.24, 2.45) is 5.92 Å². The summed E-state index contributed by atoms with van der Waals surface area (Å²) in [6.45, 7) is 3.55. The van der Waals surface area contributed by atoms with Gasteiger partial charge in [-0.05, 0) is 13.3 Å². The van der Waals surface area contributed by atoms with Crippen LogP contribution in [0.3, 0.4) is 0 Å². The number of amides is 1. The molecule has 6 heteroatoms. The number of aryl methyl sites for hydroxylation is 1. The zero-order valence-electron chi connectivity index (χ0n) is 9.19. The monoisotopic (exact) mass is 226 g/mol. The number of carbonyl (C=O) groups excluding carboxylic acids is 1. The van der Waals surface area contributed by atoms with Crippen molar-refractivity contribution in [1.82, 2.24) is 10.5 Å². The van der Waals surface area contributed by atoms with Gasteiger partial charge in [0.05, 0.1) is 12.1 Å². The maximum atomic E-state index is 11.5. The van der Waals surface area contributed by atoms with E-state index < -0.39 is 11.9 Å². The van der Waals surface area contributed by atoms with E-state index >= 15 is 0 Å². The Balaban J connectivity index is 2.37. The van der Waals surface area contributed by atoms with Crippen molar-refractivity contribution in [1.29, 1.82) is 0 Å². The predicted octanol–water partition coefficient (Wildman–Crippen LogP) is 0.824. The molecule has 0 aliphatic heterocycles. The van der Waals surface area contributed by atoms with Gasteiger partial charge in [-0.2, -0.15) is 0 Å². The van der Waals surface area contributed by atoms with Crippen LogP contribution >= 0.6 is 0 Å². The lowest BCUT2D eigenvalue weighted by Crippen LogP contribution is -2.27. The minimum absolute atomic E-state index is 0.295. The Kier molecular flexibility index (Phi) is 4.04. The fraction of sp³-hybridized carbons (Fsp3) is 0.500. The number of aliphatic carboxylic acids is 1. The molecule has 0 saturated heterocycles. The van der Waals surface area contributed by atoms with Crippen LogP contribution in [0.1, 0.15) is 29.5 Å². The molecule has 6 nitrogen and oxygen atoms in total. The molecule has 2 N–H and O–H groups in total. The van der Waals surface area contributed by atoms with E-state index in [0.29, 0.717) is 24.3 Å². The van der Waals surface area contributed by atoms with Crippen LogP contribution in [0.2, 0.25) is 0 Å². The van der Waals surface area contributed by atoms with E-state index in [1.54, 1.807) is 13.8 Å². The molecule has 1 heterocycles. The van der Waals surface area contributed by atoms with Gasteiger partial charge in [-0.15, -0.1) is 0 Å². The van der Waals surface area contributed by atoms with E-state index in [1.165, 1.54) is 6.20 Å². The van der Waals surface area contributed by atoms with Crippen molar-refractivity contribution in [3.05, 3.63) is 17.5 Å². The number of carbonyl (C=O) groups is 2. The molecule has 1 aromatic rings. The number of hydrogen-bond donors (Lipinski definition) is 2. The highest BCUT2D eigenvalue weighted by Crippen LogP contribution is 2.06. The number of aromatic nitrogens is 1. The third kappa shape index (κ3) is 3.08. The highest BCUT2D eigenvalue weighted by Gasteiger charge is 2.14. The van der Waals surface area contributed by atoms with E-state index in [-0.39, 0.29) is 5.91 Å². The number of carboxylic acids is 1. The number of nitrogens with zero attached hydrogens (tertiary/aromatic N) is 1. The largest absolute Gasteiger partial charge is 0.481 e. The van der Waals surface area contributed by atoms with Crippen LogP contribution in [0, 0.1) is 12.8 Å². The quantitative estimate of drug-likeness (QED) is 0.775. The number of nitrogens with one attached hydrogen (secondary N) is 1. The molecule has 0 spiro atoms. The summed E-state index contributed by atoms with van der Waals surface area (Å²) in [6.07, 6.45) is 1.73. The maximum absolute atomic E-state index is 11.5. The molecule has 1 amide bonds. The Morgan fingerprint density at radius 1 is 1.62 bits per heavy atom. The lowest BCUT2D eigenvalue weighted by molar-refractivity contribution is -0.141. The summed E-state index contributed by atoms with van der Waals surface area (Å²) in [5.74, 6) is -1.18. The fourth-order valence-electron chi connectivity index (χ4n) is 1.14. The molecule has 0 aliphatic carbocycles. The molecular weight excluding hydrogens is 212 g/mol. The summed E-state index contributed by atoms with van der Waals surface area (Å²) in [5.41, 5.74) is 0.378. The molecule has 1 rings (SSSR count). The Hall–Kier alpha value is -1.85. The predicted molar refractivity (Wildman–Crippen MR) is 55.0 cm³/mol. The lowest BCUT2D eigenvalue weighted by Gasteiger charge is -2.06. The smallest absolute Gasteiger partial charge is 0.306 e. The van der Waals surface area contributed by atoms with Crippen molar-refractivity contribution >= 4 is 11.9 Å². The number of carboxylic acid groups (broad SMARTS) is 1. The van der Waals surface area contributed by atoms with Crippen LogP contribution in [0.5, 0.6) is 0 Å². The third-order valence-corrected chi connectivity index (χ3v) is 2.28. The summed E-state index contributed by atoms with van der Waals surface area (Å²) in [5, 5.41) is 14.7. The second-order valence-corrected chi connectivity index (χ2v) is 3.58. The highest BCUT2D eigenvalue weighted by molar-refractivity contribution is 5.94. The second-order valence-electron chi connectivity index (χ2n) is 3.58. The topological polar surface area (TPSA) is 92.4 Å². The van der Waals surface area contributed by atoms with Gasteiger partial charge in [0.25, 0.3) is 5.91 Å². The van der Waals surface area contributed by atoms with Crippen molar-refractivity contribution in [3.63, 3.8) is 0 Å². The van der Waals surface area contributed by atoms with E-state index in [9.17, 15) is 9.59 Å².